The van der Waals surface area contributed by atoms with Crippen molar-refractivity contribution >= 4 is 11.3 Å². The van der Waals surface area contributed by atoms with Crippen LogP contribution in [0.4, 0.5) is 0 Å². The Morgan fingerprint density at radius 2 is 2.57 bits per heavy atom. The predicted molar refractivity (Wildman–Crippen MR) is 59.7 cm³/mol. The van der Waals surface area contributed by atoms with Gasteiger partial charge in [-0.1, -0.05) is 0 Å². The molecule has 0 radical (unpaired) electrons. The fourth-order valence-electron chi connectivity index (χ4n) is 1.79. The van der Waals surface area contributed by atoms with Crippen LogP contribution in [0.3, 0.4) is 0 Å². The zero-order valence-electron chi connectivity index (χ0n) is 8.33. The first-order chi connectivity index (χ1) is 6.90. The summed E-state index contributed by atoms with van der Waals surface area (Å²) >= 11 is 1.78. The number of aryl methyl sites for hydroxylation is 1. The van der Waals surface area contributed by atoms with Crippen LogP contribution < -0.4 is 11.1 Å². The molecule has 1 aromatic heterocycles. The van der Waals surface area contributed by atoms with Gasteiger partial charge < -0.3 is 11.1 Å². The number of aromatic nitrogens is 1. The number of thiazole rings is 1. The zero-order valence-corrected chi connectivity index (χ0v) is 9.15. The standard InChI is InChI=1S/C10H17N3S/c11-4-1-2-10-13-9(7-14-10)8-3-5-12-6-8/h7-8,12H,1-6,11H2. The summed E-state index contributed by atoms with van der Waals surface area (Å²) in [5.41, 5.74) is 6.76. The van der Waals surface area contributed by atoms with Crippen LogP contribution in [-0.4, -0.2) is 24.6 Å². The van der Waals surface area contributed by atoms with Crippen molar-refractivity contribution in [3.63, 3.8) is 0 Å². The predicted octanol–water partition coefficient (Wildman–Crippen LogP) is 1.11. The maximum atomic E-state index is 5.47. The Morgan fingerprint density at radius 3 is 3.29 bits per heavy atom. The third kappa shape index (κ3) is 2.32. The topological polar surface area (TPSA) is 50.9 Å². The lowest BCUT2D eigenvalue weighted by Gasteiger charge is -2.02. The van der Waals surface area contributed by atoms with E-state index < -0.39 is 0 Å². The fraction of sp³-hybridized carbons (Fsp3) is 0.700. The Balaban J connectivity index is 1.94. The summed E-state index contributed by atoms with van der Waals surface area (Å²) in [6.45, 7) is 3.00. The third-order valence-corrected chi connectivity index (χ3v) is 3.57. The molecular formula is C10H17N3S. The largest absolute Gasteiger partial charge is 0.330 e. The highest BCUT2D eigenvalue weighted by molar-refractivity contribution is 7.09. The van der Waals surface area contributed by atoms with Crippen molar-refractivity contribution in [3.05, 3.63) is 16.1 Å². The second-order valence-electron chi connectivity index (χ2n) is 3.75. The van der Waals surface area contributed by atoms with Crippen LogP contribution in [0.15, 0.2) is 5.38 Å². The molecule has 2 heterocycles. The Bertz CT molecular complexity index is 279. The second kappa shape index (κ2) is 4.87. The zero-order chi connectivity index (χ0) is 9.80. The molecule has 4 heteroatoms. The number of hydrogen-bond acceptors (Lipinski definition) is 4. The first-order valence-corrected chi connectivity index (χ1v) is 6.13. The average molecular weight is 211 g/mol. The van der Waals surface area contributed by atoms with Crippen LogP contribution in [0.2, 0.25) is 0 Å². The molecule has 1 unspecified atom stereocenters. The summed E-state index contributed by atoms with van der Waals surface area (Å²) in [5.74, 6) is 0.651. The summed E-state index contributed by atoms with van der Waals surface area (Å²) in [5, 5.41) is 6.83. The minimum Gasteiger partial charge on any atom is -0.330 e. The maximum absolute atomic E-state index is 5.47. The van der Waals surface area contributed by atoms with E-state index in [1.165, 1.54) is 17.1 Å². The first kappa shape index (κ1) is 10.1. The van der Waals surface area contributed by atoms with E-state index in [-0.39, 0.29) is 0 Å². The molecule has 3 nitrogen and oxygen atoms in total. The molecule has 78 valence electrons. The van der Waals surface area contributed by atoms with Crippen molar-refractivity contribution in [2.45, 2.75) is 25.2 Å². The van der Waals surface area contributed by atoms with Crippen LogP contribution in [0, 0.1) is 0 Å². The lowest BCUT2D eigenvalue weighted by atomic mass is 10.1. The smallest absolute Gasteiger partial charge is 0.0928 e. The summed E-state index contributed by atoms with van der Waals surface area (Å²) in [6, 6.07) is 0. The molecule has 1 aliphatic rings. The first-order valence-electron chi connectivity index (χ1n) is 5.25. The second-order valence-corrected chi connectivity index (χ2v) is 4.69. The van der Waals surface area contributed by atoms with Gasteiger partial charge in [0.15, 0.2) is 0 Å². The van der Waals surface area contributed by atoms with E-state index in [1.54, 1.807) is 11.3 Å². The monoisotopic (exact) mass is 211 g/mol. The Kier molecular flexibility index (Phi) is 3.50. The van der Waals surface area contributed by atoms with Crippen molar-refractivity contribution in [1.29, 1.82) is 0 Å². The van der Waals surface area contributed by atoms with Gasteiger partial charge in [0, 0.05) is 24.3 Å². The fourth-order valence-corrected chi connectivity index (χ4v) is 2.71. The molecule has 14 heavy (non-hydrogen) atoms. The molecule has 1 fully saturated rings. The molecule has 2 rings (SSSR count). The van der Waals surface area contributed by atoms with Crippen molar-refractivity contribution in [2.24, 2.45) is 5.73 Å². The summed E-state index contributed by atoms with van der Waals surface area (Å²) in [7, 11) is 0. The normalized spacial score (nSPS) is 21.6. The number of hydrogen-bond donors (Lipinski definition) is 2. The van der Waals surface area contributed by atoms with Gasteiger partial charge in [-0.2, -0.15) is 0 Å². The summed E-state index contributed by atoms with van der Waals surface area (Å²) in [4.78, 5) is 4.65. The highest BCUT2D eigenvalue weighted by atomic mass is 32.1. The van der Waals surface area contributed by atoms with Gasteiger partial charge in [-0.3, -0.25) is 0 Å². The molecule has 0 saturated carbocycles. The van der Waals surface area contributed by atoms with Crippen LogP contribution in [0.5, 0.6) is 0 Å². The van der Waals surface area contributed by atoms with Gasteiger partial charge in [0.25, 0.3) is 0 Å². The van der Waals surface area contributed by atoms with Crippen molar-refractivity contribution in [2.75, 3.05) is 19.6 Å². The van der Waals surface area contributed by atoms with Crippen LogP contribution >= 0.6 is 11.3 Å². The van der Waals surface area contributed by atoms with Gasteiger partial charge in [-0.25, -0.2) is 4.98 Å². The van der Waals surface area contributed by atoms with Gasteiger partial charge in [0.1, 0.15) is 0 Å². The van der Waals surface area contributed by atoms with Gasteiger partial charge in [-0.05, 0) is 25.9 Å². The van der Waals surface area contributed by atoms with Crippen LogP contribution in [-0.2, 0) is 6.42 Å². The van der Waals surface area contributed by atoms with E-state index in [0.717, 1.165) is 32.5 Å². The molecule has 1 saturated heterocycles. The number of nitrogens with one attached hydrogen (secondary N) is 1. The lowest BCUT2D eigenvalue weighted by molar-refractivity contribution is 0.731. The van der Waals surface area contributed by atoms with E-state index in [4.69, 9.17) is 5.73 Å². The van der Waals surface area contributed by atoms with Crippen molar-refractivity contribution < 1.29 is 0 Å². The van der Waals surface area contributed by atoms with Gasteiger partial charge in [0.2, 0.25) is 0 Å². The Morgan fingerprint density at radius 1 is 1.64 bits per heavy atom. The number of nitrogens with zero attached hydrogens (tertiary/aromatic N) is 1. The average Bonchev–Trinajstić information content (AvgIpc) is 2.85. The van der Waals surface area contributed by atoms with Gasteiger partial charge in [-0.15, -0.1) is 11.3 Å². The highest BCUT2D eigenvalue weighted by Crippen LogP contribution is 2.24. The van der Waals surface area contributed by atoms with E-state index in [9.17, 15) is 0 Å². The third-order valence-electron chi connectivity index (χ3n) is 2.64. The van der Waals surface area contributed by atoms with E-state index in [2.05, 4.69) is 15.7 Å². The molecule has 0 bridgehead atoms. The molecular weight excluding hydrogens is 194 g/mol. The molecule has 0 spiro atoms. The minimum absolute atomic E-state index is 0.651. The van der Waals surface area contributed by atoms with E-state index in [1.807, 2.05) is 0 Å². The molecule has 0 aromatic carbocycles. The molecule has 1 aliphatic heterocycles. The van der Waals surface area contributed by atoms with Gasteiger partial charge in [0.05, 0.1) is 10.7 Å². The number of nitrogens with two attached hydrogens (primary N) is 1. The Labute approximate surface area is 88.7 Å². The van der Waals surface area contributed by atoms with Crippen LogP contribution in [0.1, 0.15) is 29.5 Å². The van der Waals surface area contributed by atoms with Gasteiger partial charge >= 0.3 is 0 Å². The van der Waals surface area contributed by atoms with E-state index in [0.29, 0.717) is 5.92 Å². The SMILES string of the molecule is NCCCc1nc(C2CCNC2)cs1. The molecule has 0 amide bonds. The highest BCUT2D eigenvalue weighted by Gasteiger charge is 2.18. The number of rotatable bonds is 4. The maximum Gasteiger partial charge on any atom is 0.0928 e. The van der Waals surface area contributed by atoms with E-state index >= 15 is 0 Å². The quantitative estimate of drug-likeness (QED) is 0.784. The Hall–Kier alpha value is -0.450. The molecule has 1 atom stereocenters. The van der Waals surface area contributed by atoms with Crippen LogP contribution in [0.25, 0.3) is 0 Å². The summed E-state index contributed by atoms with van der Waals surface area (Å²) in [6.07, 6.45) is 3.33. The minimum atomic E-state index is 0.651. The van der Waals surface area contributed by atoms with Crippen molar-refractivity contribution in [1.82, 2.24) is 10.3 Å². The van der Waals surface area contributed by atoms with Crippen molar-refractivity contribution in [3.8, 4) is 0 Å². The lowest BCUT2D eigenvalue weighted by Crippen LogP contribution is -2.08. The molecule has 3 N–H and O–H groups in total. The molecule has 0 aliphatic carbocycles. The molecule has 1 aromatic rings. The summed E-state index contributed by atoms with van der Waals surface area (Å²) < 4.78 is 0.